The predicted octanol–water partition coefficient (Wildman–Crippen LogP) is 3.35. The summed E-state index contributed by atoms with van der Waals surface area (Å²) in [7, 11) is 1.64. The number of aromatic nitrogens is 1. The van der Waals surface area contributed by atoms with Crippen LogP contribution in [0, 0.1) is 11.3 Å². The van der Waals surface area contributed by atoms with Gasteiger partial charge < -0.3 is 30.1 Å². The molecule has 0 fully saturated rings. The molecule has 0 saturated heterocycles. The first-order valence-electron chi connectivity index (χ1n) is 13.1. The fraction of sp³-hybridized carbons (Fsp3) is 0.500. The van der Waals surface area contributed by atoms with Gasteiger partial charge in [-0.15, -0.1) is 0 Å². The summed E-state index contributed by atoms with van der Waals surface area (Å²) in [5.74, 6) is -0.107. The number of rotatable bonds is 15. The Morgan fingerprint density at radius 2 is 2.11 bits per heavy atom. The number of alkyl carbamates (subject to hydrolysis) is 1. The number of carboxylic acids is 1. The molecule has 0 bridgehead atoms. The van der Waals surface area contributed by atoms with Crippen LogP contribution in [-0.4, -0.2) is 73.0 Å². The van der Waals surface area contributed by atoms with Gasteiger partial charge in [0.15, 0.2) is 0 Å². The maximum atomic E-state index is 12.2. The molecule has 0 radical (unpaired) electrons. The number of aliphatic carboxylic acids is 1. The molecule has 1 aromatic carbocycles. The van der Waals surface area contributed by atoms with Gasteiger partial charge in [0.2, 0.25) is 0 Å². The molecule has 1 amide bonds. The Morgan fingerprint density at radius 1 is 1.24 bits per heavy atom. The lowest BCUT2D eigenvalue weighted by Crippen LogP contribution is -2.43. The highest BCUT2D eigenvalue weighted by molar-refractivity contribution is 5.79. The van der Waals surface area contributed by atoms with E-state index >= 15 is 0 Å². The summed E-state index contributed by atoms with van der Waals surface area (Å²) in [6, 6.07) is 11.9. The molecular formula is C28H37N5O5. The van der Waals surface area contributed by atoms with Crippen molar-refractivity contribution in [2.75, 3.05) is 45.2 Å². The Balaban J connectivity index is 1.43. The molecule has 204 valence electrons. The van der Waals surface area contributed by atoms with Crippen LogP contribution >= 0.6 is 0 Å². The highest BCUT2D eigenvalue weighted by Crippen LogP contribution is 2.20. The zero-order valence-corrected chi connectivity index (χ0v) is 21.9. The molecule has 0 saturated carbocycles. The lowest BCUT2D eigenvalue weighted by atomic mass is 10.1. The van der Waals surface area contributed by atoms with E-state index in [-0.39, 0.29) is 13.0 Å². The van der Waals surface area contributed by atoms with Crippen LogP contribution < -0.4 is 10.6 Å². The second-order valence-electron chi connectivity index (χ2n) is 9.34. The lowest BCUT2D eigenvalue weighted by Gasteiger charge is -2.24. The van der Waals surface area contributed by atoms with E-state index in [0.717, 1.165) is 56.7 Å². The van der Waals surface area contributed by atoms with Crippen LogP contribution in [0.1, 0.15) is 48.1 Å². The summed E-state index contributed by atoms with van der Waals surface area (Å²) < 4.78 is 10.4. The number of benzene rings is 1. The third-order valence-electron chi connectivity index (χ3n) is 6.47. The van der Waals surface area contributed by atoms with Crippen molar-refractivity contribution < 1.29 is 24.2 Å². The molecule has 2 aromatic rings. The van der Waals surface area contributed by atoms with Gasteiger partial charge in [-0.2, -0.15) is 5.26 Å². The third kappa shape index (κ3) is 9.65. The summed E-state index contributed by atoms with van der Waals surface area (Å²) in [6.45, 7) is 3.40. The minimum Gasteiger partial charge on any atom is -0.480 e. The second-order valence-corrected chi connectivity index (χ2v) is 9.34. The number of amides is 1. The van der Waals surface area contributed by atoms with Gasteiger partial charge in [-0.25, -0.2) is 14.6 Å². The van der Waals surface area contributed by atoms with Crippen LogP contribution in [0.15, 0.2) is 36.4 Å². The fourth-order valence-corrected chi connectivity index (χ4v) is 4.34. The van der Waals surface area contributed by atoms with Crippen molar-refractivity contribution in [2.45, 2.75) is 51.2 Å². The highest BCUT2D eigenvalue weighted by Gasteiger charge is 2.22. The van der Waals surface area contributed by atoms with Gasteiger partial charge >= 0.3 is 12.1 Å². The Morgan fingerprint density at radius 3 is 2.89 bits per heavy atom. The van der Waals surface area contributed by atoms with Crippen molar-refractivity contribution in [2.24, 2.45) is 0 Å². The maximum Gasteiger partial charge on any atom is 0.408 e. The molecule has 1 aliphatic rings. The highest BCUT2D eigenvalue weighted by atomic mass is 16.5. The molecule has 0 aliphatic carbocycles. The zero-order chi connectivity index (χ0) is 27.2. The Bertz CT molecular complexity index is 1100. The number of ether oxygens (including phenoxy) is 2. The Kier molecular flexibility index (Phi) is 11.8. The van der Waals surface area contributed by atoms with Gasteiger partial charge in [0, 0.05) is 32.4 Å². The normalized spacial score (nSPS) is 13.2. The van der Waals surface area contributed by atoms with E-state index in [1.165, 1.54) is 5.56 Å². The topological polar surface area (TPSA) is 137 Å². The standard InChI is InChI=1S/C28H37N5O5/c1-37-17-16-33(14-3-2-9-24-11-10-23-8-5-13-30-26(23)31-24)15-12-25(27(34)35)32-28(36)38-20-22-7-4-6-21(18-22)19-29/h4,6-7,10-11,18,25H,2-3,5,8-9,12-17,20H2,1H3,(H,30,31)(H,32,36)(H,34,35)/t25-/m0/s1. The van der Waals surface area contributed by atoms with Crippen LogP contribution in [0.2, 0.25) is 0 Å². The van der Waals surface area contributed by atoms with E-state index in [1.54, 1.807) is 31.4 Å². The average Bonchev–Trinajstić information content (AvgIpc) is 2.94. The SMILES string of the molecule is COCCN(CCCCc1ccc2c(n1)NCCC2)CC[C@H](NC(=O)OCc1cccc(C#N)c1)C(=O)O. The molecule has 10 nitrogen and oxygen atoms in total. The Hall–Kier alpha value is -3.68. The molecule has 0 spiro atoms. The van der Waals surface area contributed by atoms with Crippen LogP contribution in [0.5, 0.6) is 0 Å². The summed E-state index contributed by atoms with van der Waals surface area (Å²) >= 11 is 0. The van der Waals surface area contributed by atoms with Crippen molar-refractivity contribution in [1.29, 1.82) is 5.26 Å². The van der Waals surface area contributed by atoms with Crippen LogP contribution in [0.3, 0.4) is 0 Å². The monoisotopic (exact) mass is 523 g/mol. The smallest absolute Gasteiger partial charge is 0.408 e. The van der Waals surface area contributed by atoms with E-state index in [4.69, 9.17) is 19.7 Å². The van der Waals surface area contributed by atoms with Gasteiger partial charge in [0.1, 0.15) is 18.5 Å². The number of fused-ring (bicyclic) bond motifs is 1. The number of anilines is 1. The second kappa shape index (κ2) is 15.5. The van der Waals surface area contributed by atoms with Gasteiger partial charge in [-0.3, -0.25) is 0 Å². The first-order valence-corrected chi connectivity index (χ1v) is 13.1. The average molecular weight is 524 g/mol. The van der Waals surface area contributed by atoms with Crippen molar-refractivity contribution in [3.63, 3.8) is 0 Å². The molecule has 0 unspecified atom stereocenters. The molecule has 2 heterocycles. The molecule has 3 N–H and O–H groups in total. The first kappa shape index (κ1) is 28.9. The molecule has 10 heteroatoms. The van der Waals surface area contributed by atoms with Crippen LogP contribution in [0.25, 0.3) is 0 Å². The number of unbranched alkanes of at least 4 members (excludes halogenated alkanes) is 1. The van der Waals surface area contributed by atoms with Crippen LogP contribution in [0.4, 0.5) is 10.6 Å². The molecule has 1 atom stereocenters. The molecular weight excluding hydrogens is 486 g/mol. The number of hydrogen-bond acceptors (Lipinski definition) is 8. The van der Waals surface area contributed by atoms with Gasteiger partial charge in [-0.05, 0) is 74.4 Å². The van der Waals surface area contributed by atoms with Crippen LogP contribution in [-0.2, 0) is 33.7 Å². The number of hydrogen-bond donors (Lipinski definition) is 3. The van der Waals surface area contributed by atoms with E-state index in [2.05, 4.69) is 27.7 Å². The fourth-order valence-electron chi connectivity index (χ4n) is 4.34. The summed E-state index contributed by atoms with van der Waals surface area (Å²) in [5.41, 5.74) is 3.47. The maximum absolute atomic E-state index is 12.2. The molecule has 3 rings (SSSR count). The number of carboxylic acid groups (broad SMARTS) is 1. The number of pyridine rings is 1. The van der Waals surface area contributed by atoms with Crippen molar-refractivity contribution in [1.82, 2.24) is 15.2 Å². The van der Waals surface area contributed by atoms with E-state index < -0.39 is 18.1 Å². The van der Waals surface area contributed by atoms with Crippen molar-refractivity contribution in [3.8, 4) is 6.07 Å². The van der Waals surface area contributed by atoms with Gasteiger partial charge in [0.25, 0.3) is 0 Å². The van der Waals surface area contributed by atoms with E-state index in [1.807, 2.05) is 6.07 Å². The minimum absolute atomic E-state index is 0.0528. The summed E-state index contributed by atoms with van der Waals surface area (Å²) in [5, 5.41) is 24.4. The summed E-state index contributed by atoms with van der Waals surface area (Å²) in [4.78, 5) is 30.9. The summed E-state index contributed by atoms with van der Waals surface area (Å²) in [6.07, 6.45) is 4.42. The Labute approximate surface area is 224 Å². The minimum atomic E-state index is -1.12. The van der Waals surface area contributed by atoms with Gasteiger partial charge in [0.05, 0.1) is 18.2 Å². The largest absolute Gasteiger partial charge is 0.480 e. The van der Waals surface area contributed by atoms with Crippen molar-refractivity contribution in [3.05, 3.63) is 58.8 Å². The van der Waals surface area contributed by atoms with Gasteiger partial charge in [-0.1, -0.05) is 18.2 Å². The third-order valence-corrected chi connectivity index (χ3v) is 6.47. The van der Waals surface area contributed by atoms with E-state index in [9.17, 15) is 14.7 Å². The number of nitrogens with one attached hydrogen (secondary N) is 2. The number of aryl methyl sites for hydroxylation is 2. The first-order chi connectivity index (χ1) is 18.5. The number of carbonyl (C=O) groups excluding carboxylic acids is 1. The number of nitrogens with zero attached hydrogens (tertiary/aromatic N) is 3. The zero-order valence-electron chi connectivity index (χ0n) is 21.9. The quantitative estimate of drug-likeness (QED) is 0.300. The van der Waals surface area contributed by atoms with Crippen molar-refractivity contribution >= 4 is 17.9 Å². The molecule has 38 heavy (non-hydrogen) atoms. The number of nitriles is 1. The molecule has 1 aliphatic heterocycles. The predicted molar refractivity (Wildman–Crippen MR) is 143 cm³/mol. The van der Waals surface area contributed by atoms with E-state index in [0.29, 0.717) is 30.8 Å². The molecule has 1 aromatic heterocycles. The number of carbonyl (C=O) groups is 2. The lowest BCUT2D eigenvalue weighted by molar-refractivity contribution is -0.139. The number of methoxy groups -OCH3 is 1.